The van der Waals surface area contributed by atoms with Gasteiger partial charge >= 0.3 is 0 Å². The van der Waals surface area contributed by atoms with Crippen molar-refractivity contribution in [3.05, 3.63) is 41.4 Å². The zero-order valence-corrected chi connectivity index (χ0v) is 11.7. The van der Waals surface area contributed by atoms with E-state index in [-0.39, 0.29) is 0 Å². The van der Waals surface area contributed by atoms with Crippen molar-refractivity contribution in [2.24, 2.45) is 0 Å². The molecule has 2 aromatic carbocycles. The van der Waals surface area contributed by atoms with Crippen molar-refractivity contribution in [3.63, 3.8) is 0 Å². The molecular weight excluding hydrogens is 262 g/mol. The Morgan fingerprint density at radius 2 is 1.74 bits per heavy atom. The van der Waals surface area contributed by atoms with Gasteiger partial charge in [0.1, 0.15) is 12.4 Å². The summed E-state index contributed by atoms with van der Waals surface area (Å²) in [5, 5.41) is 6.06. The van der Waals surface area contributed by atoms with Gasteiger partial charge in [-0.2, -0.15) is 0 Å². The molecule has 2 rings (SSSR count). The van der Waals surface area contributed by atoms with Crippen LogP contribution in [-0.2, 0) is 4.74 Å². The number of fused-ring (bicyclic) bond motifs is 1. The molecule has 0 bridgehead atoms. The topological polar surface area (TPSA) is 30.5 Å². The molecule has 0 aliphatic heterocycles. The third kappa shape index (κ3) is 3.83. The highest BCUT2D eigenvalue weighted by atomic mass is 35.5. The lowest BCUT2D eigenvalue weighted by molar-refractivity contribution is 0.197. The average molecular weight is 280 g/mol. The summed E-state index contributed by atoms with van der Waals surface area (Å²) in [6.07, 6.45) is 0. The van der Waals surface area contributed by atoms with Crippen LogP contribution in [-0.4, -0.2) is 33.4 Å². The van der Waals surface area contributed by atoms with E-state index in [1.165, 1.54) is 0 Å². The molecule has 19 heavy (non-hydrogen) atoms. The Bertz CT molecular complexity index is 531. The number of methoxy groups -OCH3 is 1. The number of rotatable bonds is 7. The zero-order valence-electron chi connectivity index (χ0n) is 11.0. The molecule has 2 aromatic rings. The van der Waals surface area contributed by atoms with Crippen LogP contribution < -0.4 is 10.1 Å². The Kier molecular flexibility index (Phi) is 5.45. The molecule has 0 saturated carbocycles. The Balaban J connectivity index is 1.96. The van der Waals surface area contributed by atoms with E-state index in [1.54, 1.807) is 7.11 Å². The van der Waals surface area contributed by atoms with Gasteiger partial charge in [0.15, 0.2) is 0 Å². The van der Waals surface area contributed by atoms with Gasteiger partial charge in [0.05, 0.1) is 6.61 Å². The van der Waals surface area contributed by atoms with Gasteiger partial charge in [0, 0.05) is 36.0 Å². The largest absolute Gasteiger partial charge is 0.492 e. The predicted octanol–water partition coefficient (Wildman–Crippen LogP) is 3.11. The minimum Gasteiger partial charge on any atom is -0.492 e. The minimum atomic E-state index is 0.620. The molecule has 0 fully saturated rings. The SMILES string of the molecule is COCCNCCOc1ccc(Cl)c2ccccc12. The minimum absolute atomic E-state index is 0.620. The van der Waals surface area contributed by atoms with Crippen LogP contribution in [0.25, 0.3) is 10.8 Å². The van der Waals surface area contributed by atoms with Crippen molar-refractivity contribution in [1.82, 2.24) is 5.32 Å². The summed E-state index contributed by atoms with van der Waals surface area (Å²) in [7, 11) is 1.69. The van der Waals surface area contributed by atoms with E-state index < -0.39 is 0 Å². The first-order valence-electron chi connectivity index (χ1n) is 6.32. The lowest BCUT2D eigenvalue weighted by Gasteiger charge is -2.10. The molecule has 4 heteroatoms. The second-order valence-corrected chi connectivity index (χ2v) is 4.59. The normalized spacial score (nSPS) is 10.8. The first-order chi connectivity index (χ1) is 9.33. The smallest absolute Gasteiger partial charge is 0.127 e. The number of hydrogen-bond acceptors (Lipinski definition) is 3. The molecule has 102 valence electrons. The number of benzene rings is 2. The predicted molar refractivity (Wildman–Crippen MR) is 79.2 cm³/mol. The Morgan fingerprint density at radius 3 is 2.53 bits per heavy atom. The van der Waals surface area contributed by atoms with Crippen molar-refractivity contribution in [1.29, 1.82) is 0 Å². The Morgan fingerprint density at radius 1 is 1.00 bits per heavy atom. The summed E-state index contributed by atoms with van der Waals surface area (Å²) >= 11 is 6.17. The van der Waals surface area contributed by atoms with Crippen molar-refractivity contribution >= 4 is 22.4 Å². The molecule has 3 nitrogen and oxygen atoms in total. The zero-order chi connectivity index (χ0) is 13.5. The van der Waals surface area contributed by atoms with Gasteiger partial charge in [-0.1, -0.05) is 35.9 Å². The molecule has 1 N–H and O–H groups in total. The van der Waals surface area contributed by atoms with Crippen LogP contribution in [0, 0.1) is 0 Å². The molecule has 0 aliphatic rings. The average Bonchev–Trinajstić information content (AvgIpc) is 2.45. The maximum absolute atomic E-state index is 6.17. The first kappa shape index (κ1) is 14.1. The third-order valence-corrected chi connectivity index (χ3v) is 3.18. The van der Waals surface area contributed by atoms with Gasteiger partial charge in [0.25, 0.3) is 0 Å². The summed E-state index contributed by atoms with van der Waals surface area (Å²) < 4.78 is 10.8. The maximum atomic E-state index is 6.17. The van der Waals surface area contributed by atoms with Crippen LogP contribution in [0.3, 0.4) is 0 Å². The number of hydrogen-bond donors (Lipinski definition) is 1. The van der Waals surface area contributed by atoms with Crippen molar-refractivity contribution < 1.29 is 9.47 Å². The van der Waals surface area contributed by atoms with E-state index in [9.17, 15) is 0 Å². The van der Waals surface area contributed by atoms with Gasteiger partial charge in [-0.15, -0.1) is 0 Å². The second kappa shape index (κ2) is 7.34. The van der Waals surface area contributed by atoms with E-state index in [1.807, 2.05) is 36.4 Å². The first-order valence-corrected chi connectivity index (χ1v) is 6.70. The number of ether oxygens (including phenoxy) is 2. The standard InChI is InChI=1S/C15H18ClNO2/c1-18-10-8-17-9-11-19-15-7-6-14(16)12-4-2-3-5-13(12)15/h2-7,17H,8-11H2,1H3. The monoisotopic (exact) mass is 279 g/mol. The fourth-order valence-electron chi connectivity index (χ4n) is 1.89. The molecule has 0 atom stereocenters. The fourth-order valence-corrected chi connectivity index (χ4v) is 2.12. The van der Waals surface area contributed by atoms with Crippen LogP contribution in [0.15, 0.2) is 36.4 Å². The van der Waals surface area contributed by atoms with Gasteiger partial charge in [-0.05, 0) is 12.1 Å². The molecule has 0 spiro atoms. The molecule has 0 heterocycles. The molecule has 0 amide bonds. The summed E-state index contributed by atoms with van der Waals surface area (Å²) in [6, 6.07) is 11.8. The molecule has 0 unspecified atom stereocenters. The van der Waals surface area contributed by atoms with Crippen LogP contribution >= 0.6 is 11.6 Å². The summed E-state index contributed by atoms with van der Waals surface area (Å²) in [5.41, 5.74) is 0. The maximum Gasteiger partial charge on any atom is 0.127 e. The van der Waals surface area contributed by atoms with Crippen molar-refractivity contribution in [2.45, 2.75) is 0 Å². The lowest BCUT2D eigenvalue weighted by atomic mass is 10.1. The summed E-state index contributed by atoms with van der Waals surface area (Å²) in [4.78, 5) is 0. The highest BCUT2D eigenvalue weighted by Crippen LogP contribution is 2.31. The lowest BCUT2D eigenvalue weighted by Crippen LogP contribution is -2.24. The van der Waals surface area contributed by atoms with Gasteiger partial charge in [-0.3, -0.25) is 0 Å². The molecular formula is C15H18ClNO2. The quantitative estimate of drug-likeness (QED) is 0.790. The highest BCUT2D eigenvalue weighted by Gasteiger charge is 2.04. The van der Waals surface area contributed by atoms with E-state index in [0.29, 0.717) is 13.2 Å². The number of nitrogens with one attached hydrogen (secondary N) is 1. The van der Waals surface area contributed by atoms with E-state index in [2.05, 4.69) is 5.32 Å². The van der Waals surface area contributed by atoms with Crippen molar-refractivity contribution in [3.8, 4) is 5.75 Å². The second-order valence-electron chi connectivity index (χ2n) is 4.18. The van der Waals surface area contributed by atoms with E-state index >= 15 is 0 Å². The van der Waals surface area contributed by atoms with Crippen molar-refractivity contribution in [2.75, 3.05) is 33.4 Å². The van der Waals surface area contributed by atoms with Crippen LogP contribution in [0.5, 0.6) is 5.75 Å². The van der Waals surface area contributed by atoms with Gasteiger partial charge in [0.2, 0.25) is 0 Å². The van der Waals surface area contributed by atoms with E-state index in [4.69, 9.17) is 21.1 Å². The summed E-state index contributed by atoms with van der Waals surface area (Å²) in [6.45, 7) is 2.96. The van der Waals surface area contributed by atoms with E-state index in [0.717, 1.165) is 34.6 Å². The highest BCUT2D eigenvalue weighted by molar-refractivity contribution is 6.35. The van der Waals surface area contributed by atoms with Gasteiger partial charge in [-0.25, -0.2) is 0 Å². The number of halogens is 1. The molecule has 0 radical (unpaired) electrons. The van der Waals surface area contributed by atoms with Crippen LogP contribution in [0.1, 0.15) is 0 Å². The molecule has 0 aromatic heterocycles. The molecule has 0 saturated heterocycles. The van der Waals surface area contributed by atoms with Crippen LogP contribution in [0.2, 0.25) is 5.02 Å². The fraction of sp³-hybridized carbons (Fsp3) is 0.333. The Labute approximate surface area is 118 Å². The van der Waals surface area contributed by atoms with Gasteiger partial charge < -0.3 is 14.8 Å². The third-order valence-electron chi connectivity index (χ3n) is 2.85. The molecule has 0 aliphatic carbocycles. The summed E-state index contributed by atoms with van der Waals surface area (Å²) in [5.74, 6) is 0.869. The van der Waals surface area contributed by atoms with Crippen LogP contribution in [0.4, 0.5) is 0 Å². The Hall–Kier alpha value is -1.29.